The van der Waals surface area contributed by atoms with Crippen LogP contribution in [0.2, 0.25) is 0 Å². The zero-order chi connectivity index (χ0) is 20.9. The van der Waals surface area contributed by atoms with E-state index in [1.807, 2.05) is 4.40 Å². The number of fused-ring (bicyclic) bond motifs is 1. The average molecular weight is 415 g/mol. The van der Waals surface area contributed by atoms with Crippen LogP contribution in [0.4, 0.5) is 13.2 Å². The van der Waals surface area contributed by atoms with E-state index in [9.17, 15) is 18.3 Å². The molecule has 1 atom stereocenters. The Bertz CT molecular complexity index is 1030. The first-order chi connectivity index (χ1) is 14.4. The van der Waals surface area contributed by atoms with Crippen molar-refractivity contribution in [3.63, 3.8) is 0 Å². The molecule has 0 spiro atoms. The van der Waals surface area contributed by atoms with E-state index in [1.165, 1.54) is 11.8 Å². The van der Waals surface area contributed by atoms with Crippen LogP contribution in [-0.2, 0) is 6.18 Å². The fourth-order valence-electron chi connectivity index (χ4n) is 4.89. The second kappa shape index (κ2) is 7.38. The number of aliphatic hydroxyl groups is 1. The Morgan fingerprint density at radius 1 is 0.933 bits per heavy atom. The Balaban J connectivity index is 1.32. The van der Waals surface area contributed by atoms with Gasteiger partial charge in [-0.25, -0.2) is 4.98 Å². The minimum Gasteiger partial charge on any atom is -0.387 e. The highest BCUT2D eigenvalue weighted by Gasteiger charge is 2.35. The summed E-state index contributed by atoms with van der Waals surface area (Å²) in [6, 6.07) is 6.81. The van der Waals surface area contributed by atoms with E-state index in [-0.39, 0.29) is 11.8 Å². The van der Waals surface area contributed by atoms with Crippen molar-refractivity contribution in [2.45, 2.75) is 62.6 Å². The van der Waals surface area contributed by atoms with Gasteiger partial charge in [-0.05, 0) is 79.5 Å². The predicted octanol–water partition coefficient (Wildman–Crippen LogP) is 5.63. The van der Waals surface area contributed by atoms with E-state index in [4.69, 9.17) is 0 Å². The smallest absolute Gasteiger partial charge is 0.387 e. The van der Waals surface area contributed by atoms with Crippen LogP contribution in [0.3, 0.4) is 0 Å². The van der Waals surface area contributed by atoms with E-state index >= 15 is 0 Å². The first-order valence-corrected chi connectivity index (χ1v) is 10.6. The fourth-order valence-corrected chi connectivity index (χ4v) is 4.89. The molecule has 2 aliphatic carbocycles. The summed E-state index contributed by atoms with van der Waals surface area (Å²) in [6.45, 7) is 0. The molecule has 158 valence electrons. The third-order valence-electron chi connectivity index (χ3n) is 6.72. The molecule has 7 heteroatoms. The van der Waals surface area contributed by atoms with Crippen molar-refractivity contribution in [1.82, 2.24) is 14.4 Å². The Kier molecular flexibility index (Phi) is 4.81. The first kappa shape index (κ1) is 19.5. The summed E-state index contributed by atoms with van der Waals surface area (Å²) in [7, 11) is 0. The van der Waals surface area contributed by atoms with E-state index in [0.29, 0.717) is 5.92 Å². The van der Waals surface area contributed by atoms with Gasteiger partial charge in [-0.15, -0.1) is 0 Å². The summed E-state index contributed by atoms with van der Waals surface area (Å²) in [5.74, 6) is 0.848. The van der Waals surface area contributed by atoms with Crippen molar-refractivity contribution >= 4 is 5.52 Å². The zero-order valence-electron chi connectivity index (χ0n) is 16.5. The summed E-state index contributed by atoms with van der Waals surface area (Å²) in [4.78, 5) is 7.86. The number of imidazole rings is 1. The van der Waals surface area contributed by atoms with Gasteiger partial charge in [0, 0.05) is 6.20 Å². The maximum atomic E-state index is 12.7. The highest BCUT2D eigenvalue weighted by molar-refractivity contribution is 5.50. The van der Waals surface area contributed by atoms with Crippen LogP contribution in [0.1, 0.15) is 79.0 Å². The van der Waals surface area contributed by atoms with Crippen molar-refractivity contribution < 1.29 is 18.3 Å². The number of pyridine rings is 2. The summed E-state index contributed by atoms with van der Waals surface area (Å²) in [5.41, 5.74) is 3.18. The second-order valence-corrected chi connectivity index (χ2v) is 8.67. The van der Waals surface area contributed by atoms with Crippen molar-refractivity contribution in [3.8, 4) is 0 Å². The van der Waals surface area contributed by atoms with Gasteiger partial charge in [-0.3, -0.25) is 4.98 Å². The standard InChI is InChI=1S/C23H24F3N3O/c24-23(25,26)20-10-7-17(11-28-20)14-1-5-16(6-2-14)22(30)21-19(15-3-4-15)9-8-18-12-27-13-29(18)21/h7-16,22,30H,1-6H2/t14?,16?,22-/m0/s1. The second-order valence-electron chi connectivity index (χ2n) is 8.67. The third kappa shape index (κ3) is 3.60. The van der Waals surface area contributed by atoms with Gasteiger partial charge in [0.1, 0.15) is 5.69 Å². The highest BCUT2D eigenvalue weighted by Crippen LogP contribution is 2.47. The molecule has 0 saturated heterocycles. The van der Waals surface area contributed by atoms with E-state index in [2.05, 4.69) is 22.1 Å². The largest absolute Gasteiger partial charge is 0.433 e. The predicted molar refractivity (Wildman–Crippen MR) is 106 cm³/mol. The lowest BCUT2D eigenvalue weighted by molar-refractivity contribution is -0.141. The molecule has 3 aromatic rings. The Labute approximate surface area is 172 Å². The molecule has 0 bridgehead atoms. The van der Waals surface area contributed by atoms with Crippen LogP contribution in [0.15, 0.2) is 43.0 Å². The Hall–Kier alpha value is -2.41. The minimum atomic E-state index is -4.41. The molecule has 3 heterocycles. The van der Waals surface area contributed by atoms with Crippen LogP contribution >= 0.6 is 0 Å². The fraction of sp³-hybridized carbons (Fsp3) is 0.478. The molecule has 2 fully saturated rings. The maximum Gasteiger partial charge on any atom is 0.433 e. The summed E-state index contributed by atoms with van der Waals surface area (Å²) < 4.78 is 40.3. The average Bonchev–Trinajstić information content (AvgIpc) is 3.48. The minimum absolute atomic E-state index is 0.133. The molecule has 30 heavy (non-hydrogen) atoms. The quantitative estimate of drug-likeness (QED) is 0.601. The van der Waals surface area contributed by atoms with E-state index in [0.717, 1.165) is 61.4 Å². The lowest BCUT2D eigenvalue weighted by atomic mass is 9.76. The lowest BCUT2D eigenvalue weighted by Crippen LogP contribution is -2.22. The number of rotatable bonds is 4. The van der Waals surface area contributed by atoms with Gasteiger partial charge in [0.25, 0.3) is 0 Å². The number of aliphatic hydroxyl groups excluding tert-OH is 1. The van der Waals surface area contributed by atoms with Gasteiger partial charge < -0.3 is 9.51 Å². The number of hydrogen-bond donors (Lipinski definition) is 1. The monoisotopic (exact) mass is 415 g/mol. The molecule has 3 aromatic heterocycles. The van der Waals surface area contributed by atoms with Crippen LogP contribution in [0.5, 0.6) is 0 Å². The number of hydrogen-bond acceptors (Lipinski definition) is 3. The van der Waals surface area contributed by atoms with Gasteiger partial charge in [-0.1, -0.05) is 12.1 Å². The van der Waals surface area contributed by atoms with Crippen LogP contribution < -0.4 is 0 Å². The molecule has 0 amide bonds. The van der Waals surface area contributed by atoms with Gasteiger partial charge in [0.2, 0.25) is 0 Å². The van der Waals surface area contributed by atoms with Crippen molar-refractivity contribution in [3.05, 3.63) is 65.5 Å². The van der Waals surface area contributed by atoms with Crippen molar-refractivity contribution in [2.24, 2.45) is 5.92 Å². The number of nitrogens with zero attached hydrogens (tertiary/aromatic N) is 3. The molecule has 0 aliphatic heterocycles. The third-order valence-corrected chi connectivity index (χ3v) is 6.72. The molecule has 5 rings (SSSR count). The number of alkyl halides is 3. The van der Waals surface area contributed by atoms with Gasteiger partial charge >= 0.3 is 6.18 Å². The Morgan fingerprint density at radius 2 is 1.67 bits per heavy atom. The maximum absolute atomic E-state index is 12.7. The molecule has 1 N–H and O–H groups in total. The molecule has 0 aromatic carbocycles. The SMILES string of the molecule is O[C@H](c1c(C2CC2)ccc2cncn12)C1CCC(c2ccc(C(F)(F)F)nc2)CC1. The van der Waals surface area contributed by atoms with Crippen molar-refractivity contribution in [2.75, 3.05) is 0 Å². The topological polar surface area (TPSA) is 50.4 Å². The van der Waals surface area contributed by atoms with Crippen LogP contribution in [-0.4, -0.2) is 19.5 Å². The molecule has 2 aliphatic rings. The zero-order valence-corrected chi connectivity index (χ0v) is 16.5. The summed E-state index contributed by atoms with van der Waals surface area (Å²) in [6.07, 6.45) is 5.65. The number of halogens is 3. The summed E-state index contributed by atoms with van der Waals surface area (Å²) in [5, 5.41) is 11.3. The van der Waals surface area contributed by atoms with Gasteiger partial charge in [0.15, 0.2) is 0 Å². The molecule has 0 radical (unpaired) electrons. The van der Waals surface area contributed by atoms with E-state index < -0.39 is 18.0 Å². The van der Waals surface area contributed by atoms with Crippen molar-refractivity contribution in [1.29, 1.82) is 0 Å². The highest BCUT2D eigenvalue weighted by atomic mass is 19.4. The number of aromatic nitrogens is 3. The van der Waals surface area contributed by atoms with Crippen LogP contribution in [0, 0.1) is 5.92 Å². The van der Waals surface area contributed by atoms with Gasteiger partial charge in [-0.2, -0.15) is 13.2 Å². The Morgan fingerprint density at radius 3 is 2.30 bits per heavy atom. The normalized spacial score (nSPS) is 23.6. The lowest BCUT2D eigenvalue weighted by Gasteiger charge is -2.33. The molecular weight excluding hydrogens is 391 g/mol. The molecule has 0 unspecified atom stereocenters. The summed E-state index contributed by atoms with van der Waals surface area (Å²) >= 11 is 0. The van der Waals surface area contributed by atoms with Crippen LogP contribution in [0.25, 0.3) is 5.52 Å². The molecule has 2 saturated carbocycles. The van der Waals surface area contributed by atoms with Gasteiger partial charge in [0.05, 0.1) is 29.8 Å². The molecular formula is C23H24F3N3O. The molecule has 4 nitrogen and oxygen atoms in total. The van der Waals surface area contributed by atoms with E-state index in [1.54, 1.807) is 18.6 Å². The first-order valence-electron chi connectivity index (χ1n) is 10.6.